The molecule has 0 bridgehead atoms. The minimum absolute atomic E-state index is 0.126. The molecule has 0 fully saturated rings. The quantitative estimate of drug-likeness (QED) is 0.850. The van der Waals surface area contributed by atoms with E-state index in [2.05, 4.69) is 15.2 Å². The number of nitrogens with one attached hydrogen (secondary N) is 1. The van der Waals surface area contributed by atoms with Crippen LogP contribution in [0.15, 0.2) is 47.5 Å². The zero-order valence-corrected chi connectivity index (χ0v) is 12.0. The summed E-state index contributed by atoms with van der Waals surface area (Å²) in [4.78, 5) is 6.80. The van der Waals surface area contributed by atoms with E-state index < -0.39 is 0 Å². The number of rotatable bonds is 1. The number of nitrogens with zero attached hydrogens (tertiary/aromatic N) is 2. The Bertz CT molecular complexity index is 744. The van der Waals surface area contributed by atoms with Crippen LogP contribution in [0.4, 0.5) is 5.69 Å². The molecular weight excluding hydrogens is 286 g/mol. The Balaban J connectivity index is 1.85. The molecule has 2 aliphatic heterocycles. The van der Waals surface area contributed by atoms with Crippen molar-refractivity contribution in [3.05, 3.63) is 58.6 Å². The first-order chi connectivity index (χ1) is 10.2. The highest BCUT2D eigenvalue weighted by molar-refractivity contribution is 6.31. The lowest BCUT2D eigenvalue weighted by molar-refractivity contribution is 0.356. The molecular formula is C16H14ClN3O. The van der Waals surface area contributed by atoms with E-state index in [1.165, 1.54) is 0 Å². The first kappa shape index (κ1) is 12.5. The van der Waals surface area contributed by atoms with E-state index in [0.717, 1.165) is 35.7 Å². The number of aliphatic imine (C=N–C) groups is 1. The summed E-state index contributed by atoms with van der Waals surface area (Å²) in [5.41, 5.74) is 2.86. The third-order valence-electron chi connectivity index (χ3n) is 3.93. The van der Waals surface area contributed by atoms with Crippen LogP contribution in [0.5, 0.6) is 5.75 Å². The van der Waals surface area contributed by atoms with E-state index in [0.29, 0.717) is 5.02 Å². The normalized spacial score (nSPS) is 19.6. The largest absolute Gasteiger partial charge is 0.508 e. The van der Waals surface area contributed by atoms with Crippen LogP contribution in [0.2, 0.25) is 5.02 Å². The molecule has 0 radical (unpaired) electrons. The number of para-hydroxylation sites is 1. The SMILES string of the molecule is Oc1ccccc1C1Nc2cc(Cl)ccc2C2=NCCN21. The molecule has 2 aromatic carbocycles. The molecule has 2 aliphatic rings. The molecule has 106 valence electrons. The van der Waals surface area contributed by atoms with E-state index >= 15 is 0 Å². The van der Waals surface area contributed by atoms with Crippen molar-refractivity contribution < 1.29 is 5.11 Å². The molecule has 1 unspecified atom stereocenters. The van der Waals surface area contributed by atoms with Crippen molar-refractivity contribution in [2.24, 2.45) is 4.99 Å². The summed E-state index contributed by atoms with van der Waals surface area (Å²) in [7, 11) is 0. The van der Waals surface area contributed by atoms with Gasteiger partial charge in [-0.3, -0.25) is 4.99 Å². The van der Waals surface area contributed by atoms with Crippen LogP contribution in [-0.4, -0.2) is 28.9 Å². The summed E-state index contributed by atoms with van der Waals surface area (Å²) in [5.74, 6) is 1.25. The molecule has 4 nitrogen and oxygen atoms in total. The highest BCUT2D eigenvalue weighted by Gasteiger charge is 2.34. The Morgan fingerprint density at radius 3 is 2.95 bits per heavy atom. The van der Waals surface area contributed by atoms with Gasteiger partial charge in [-0.2, -0.15) is 0 Å². The third kappa shape index (κ3) is 1.94. The Labute approximate surface area is 127 Å². The van der Waals surface area contributed by atoms with E-state index in [1.807, 2.05) is 36.4 Å². The van der Waals surface area contributed by atoms with Crippen molar-refractivity contribution in [3.63, 3.8) is 0 Å². The fourth-order valence-corrected chi connectivity index (χ4v) is 3.14. The number of fused-ring (bicyclic) bond motifs is 3. The highest BCUT2D eigenvalue weighted by Crippen LogP contribution is 2.38. The van der Waals surface area contributed by atoms with E-state index in [-0.39, 0.29) is 11.9 Å². The summed E-state index contributed by atoms with van der Waals surface area (Å²) in [5, 5.41) is 14.3. The lowest BCUT2D eigenvalue weighted by atomic mass is 10.0. The smallest absolute Gasteiger partial charge is 0.135 e. The minimum atomic E-state index is -0.126. The van der Waals surface area contributed by atoms with Gasteiger partial charge in [-0.15, -0.1) is 0 Å². The number of amidine groups is 1. The third-order valence-corrected chi connectivity index (χ3v) is 4.17. The Morgan fingerprint density at radius 1 is 1.24 bits per heavy atom. The summed E-state index contributed by atoms with van der Waals surface area (Å²) in [6, 6.07) is 13.2. The van der Waals surface area contributed by atoms with Gasteiger partial charge in [0, 0.05) is 28.4 Å². The molecule has 21 heavy (non-hydrogen) atoms. The fourth-order valence-electron chi connectivity index (χ4n) is 2.97. The van der Waals surface area contributed by atoms with E-state index in [1.54, 1.807) is 6.07 Å². The molecule has 2 heterocycles. The number of aromatic hydroxyl groups is 1. The predicted molar refractivity (Wildman–Crippen MR) is 84.0 cm³/mol. The van der Waals surface area contributed by atoms with Gasteiger partial charge in [-0.1, -0.05) is 29.8 Å². The summed E-state index contributed by atoms with van der Waals surface area (Å²) >= 11 is 6.10. The molecule has 0 aliphatic carbocycles. The number of hydrogen-bond acceptors (Lipinski definition) is 4. The maximum absolute atomic E-state index is 10.2. The van der Waals surface area contributed by atoms with Crippen LogP contribution in [-0.2, 0) is 0 Å². The number of phenolic OH excluding ortho intramolecular Hbond substituents is 1. The summed E-state index contributed by atoms with van der Waals surface area (Å²) in [6.45, 7) is 1.60. The average Bonchev–Trinajstić information content (AvgIpc) is 2.96. The Hall–Kier alpha value is -2.20. The van der Waals surface area contributed by atoms with Crippen molar-refractivity contribution >= 4 is 23.1 Å². The van der Waals surface area contributed by atoms with Gasteiger partial charge in [0.15, 0.2) is 0 Å². The molecule has 2 N–H and O–H groups in total. The van der Waals surface area contributed by atoms with Crippen LogP contribution in [0.1, 0.15) is 17.3 Å². The maximum Gasteiger partial charge on any atom is 0.135 e. The van der Waals surface area contributed by atoms with Crippen molar-refractivity contribution in [2.45, 2.75) is 6.17 Å². The van der Waals surface area contributed by atoms with Gasteiger partial charge in [0.25, 0.3) is 0 Å². The molecule has 5 heteroatoms. The molecule has 0 aromatic heterocycles. The zero-order valence-electron chi connectivity index (χ0n) is 11.3. The second-order valence-electron chi connectivity index (χ2n) is 5.19. The lowest BCUT2D eigenvalue weighted by Crippen LogP contribution is -2.41. The highest BCUT2D eigenvalue weighted by atomic mass is 35.5. The van der Waals surface area contributed by atoms with Crippen LogP contribution in [0, 0.1) is 0 Å². The van der Waals surface area contributed by atoms with Crippen molar-refractivity contribution in [2.75, 3.05) is 18.4 Å². The van der Waals surface area contributed by atoms with E-state index in [4.69, 9.17) is 11.6 Å². The summed E-state index contributed by atoms with van der Waals surface area (Å²) < 4.78 is 0. The van der Waals surface area contributed by atoms with Crippen LogP contribution in [0.25, 0.3) is 0 Å². The topological polar surface area (TPSA) is 47.9 Å². The molecule has 1 atom stereocenters. The van der Waals surface area contributed by atoms with Crippen LogP contribution in [0.3, 0.4) is 0 Å². The van der Waals surface area contributed by atoms with Crippen molar-refractivity contribution in [1.29, 1.82) is 0 Å². The molecule has 0 saturated heterocycles. The lowest BCUT2D eigenvalue weighted by Gasteiger charge is -2.37. The van der Waals surface area contributed by atoms with Gasteiger partial charge >= 0.3 is 0 Å². The van der Waals surface area contributed by atoms with E-state index in [9.17, 15) is 5.11 Å². The number of hydrogen-bond donors (Lipinski definition) is 2. The Morgan fingerprint density at radius 2 is 2.10 bits per heavy atom. The Kier molecular flexibility index (Phi) is 2.79. The average molecular weight is 300 g/mol. The second kappa shape index (κ2) is 4.67. The molecule has 4 rings (SSSR count). The van der Waals surface area contributed by atoms with Gasteiger partial charge in [0.2, 0.25) is 0 Å². The molecule has 0 amide bonds. The maximum atomic E-state index is 10.2. The van der Waals surface area contributed by atoms with Gasteiger partial charge in [0.05, 0.1) is 6.54 Å². The monoisotopic (exact) mass is 299 g/mol. The standard InChI is InChI=1S/C16H14ClN3O/c17-10-5-6-11-13(9-10)19-16(20-8-7-18-15(11)20)12-3-1-2-4-14(12)21/h1-6,9,16,19,21H,7-8H2. The number of benzene rings is 2. The number of anilines is 1. The van der Waals surface area contributed by atoms with Crippen LogP contribution >= 0.6 is 11.6 Å². The zero-order chi connectivity index (χ0) is 14.4. The number of halogens is 1. The van der Waals surface area contributed by atoms with Gasteiger partial charge in [0.1, 0.15) is 17.8 Å². The molecule has 2 aromatic rings. The fraction of sp³-hybridized carbons (Fsp3) is 0.188. The van der Waals surface area contributed by atoms with Crippen molar-refractivity contribution in [3.8, 4) is 5.75 Å². The summed E-state index contributed by atoms with van der Waals surface area (Å²) in [6.07, 6.45) is -0.126. The van der Waals surface area contributed by atoms with Gasteiger partial charge in [-0.25, -0.2) is 0 Å². The molecule has 0 saturated carbocycles. The minimum Gasteiger partial charge on any atom is -0.508 e. The van der Waals surface area contributed by atoms with Gasteiger partial charge in [-0.05, 0) is 24.3 Å². The second-order valence-corrected chi connectivity index (χ2v) is 5.63. The van der Waals surface area contributed by atoms with Gasteiger partial charge < -0.3 is 15.3 Å². The first-order valence-corrected chi connectivity index (χ1v) is 7.27. The van der Waals surface area contributed by atoms with Crippen molar-refractivity contribution in [1.82, 2.24) is 4.90 Å². The number of phenols is 1. The predicted octanol–water partition coefficient (Wildman–Crippen LogP) is 3.23. The van der Waals surface area contributed by atoms with Crippen LogP contribution < -0.4 is 5.32 Å². The molecule has 0 spiro atoms. The first-order valence-electron chi connectivity index (χ1n) is 6.89.